The smallest absolute Gasteiger partial charge is 0.407 e. The predicted octanol–water partition coefficient (Wildman–Crippen LogP) is 7.19. The number of fused-ring (bicyclic) bond motifs is 3. The quantitative estimate of drug-likeness (QED) is 0.264. The van der Waals surface area contributed by atoms with Gasteiger partial charge in [0.1, 0.15) is 12.6 Å². The molecule has 1 aliphatic carbocycles. The molecule has 1 amide bonds. The Labute approximate surface area is 224 Å². The molecular weight excluding hydrogens is 509 g/mol. The van der Waals surface area contributed by atoms with Crippen LogP contribution in [0.1, 0.15) is 22.6 Å². The molecule has 1 aliphatic rings. The van der Waals surface area contributed by atoms with Crippen LogP contribution in [0.4, 0.5) is 4.79 Å². The molecule has 37 heavy (non-hydrogen) atoms. The van der Waals surface area contributed by atoms with Gasteiger partial charge in [-0.15, -0.1) is 0 Å². The summed E-state index contributed by atoms with van der Waals surface area (Å²) in [6, 6.07) is 27.7. The molecule has 186 valence electrons. The number of carbonyl (C=O) groups excluding carboxylic acids is 1. The lowest BCUT2D eigenvalue weighted by Gasteiger charge is -2.17. The number of hydrogen-bond acceptors (Lipinski definition) is 3. The van der Waals surface area contributed by atoms with Gasteiger partial charge in [0.2, 0.25) is 0 Å². The number of nitrogens with one attached hydrogen (secondary N) is 1. The Kier molecular flexibility index (Phi) is 7.17. The van der Waals surface area contributed by atoms with E-state index in [9.17, 15) is 14.7 Å². The lowest BCUT2D eigenvalue weighted by atomic mass is 9.98. The Bertz CT molecular complexity index is 1420. The van der Waals surface area contributed by atoms with E-state index in [2.05, 4.69) is 17.4 Å². The van der Waals surface area contributed by atoms with Crippen molar-refractivity contribution in [3.63, 3.8) is 0 Å². The molecule has 0 saturated heterocycles. The van der Waals surface area contributed by atoms with Crippen LogP contribution in [0, 0.1) is 0 Å². The second-order valence-corrected chi connectivity index (χ2v) is 9.71. The second kappa shape index (κ2) is 10.7. The molecule has 7 heteroatoms. The second-order valence-electron chi connectivity index (χ2n) is 8.89. The molecule has 4 aromatic carbocycles. The van der Waals surface area contributed by atoms with Crippen LogP contribution in [0.15, 0.2) is 91.0 Å². The number of carboxylic acid groups (broad SMARTS) is 1. The van der Waals surface area contributed by atoms with E-state index in [4.69, 9.17) is 27.9 Å². The van der Waals surface area contributed by atoms with Gasteiger partial charge in [-0.1, -0.05) is 102 Å². The molecule has 0 aliphatic heterocycles. The number of benzene rings is 4. The van der Waals surface area contributed by atoms with E-state index < -0.39 is 18.1 Å². The maximum absolute atomic E-state index is 12.6. The number of halogens is 2. The minimum absolute atomic E-state index is 0.102. The highest BCUT2D eigenvalue weighted by Crippen LogP contribution is 2.44. The van der Waals surface area contributed by atoms with Gasteiger partial charge in [-0.3, -0.25) is 0 Å². The molecule has 4 aromatic rings. The zero-order chi connectivity index (χ0) is 25.9. The molecule has 0 bridgehead atoms. The third kappa shape index (κ3) is 5.33. The highest BCUT2D eigenvalue weighted by molar-refractivity contribution is 6.42. The van der Waals surface area contributed by atoms with E-state index in [1.807, 2.05) is 66.7 Å². The lowest BCUT2D eigenvalue weighted by Crippen LogP contribution is -2.42. The van der Waals surface area contributed by atoms with E-state index in [1.54, 1.807) is 12.1 Å². The summed E-state index contributed by atoms with van der Waals surface area (Å²) in [6.45, 7) is 0.116. The van der Waals surface area contributed by atoms with Gasteiger partial charge in [0.05, 0.1) is 10.0 Å². The van der Waals surface area contributed by atoms with Gasteiger partial charge in [-0.2, -0.15) is 0 Å². The summed E-state index contributed by atoms with van der Waals surface area (Å²) >= 11 is 12.1. The summed E-state index contributed by atoms with van der Waals surface area (Å²) < 4.78 is 5.52. The average Bonchev–Trinajstić information content (AvgIpc) is 3.23. The minimum atomic E-state index is -1.14. The Morgan fingerprint density at radius 3 is 2.00 bits per heavy atom. The molecule has 0 fully saturated rings. The first-order valence-corrected chi connectivity index (χ1v) is 12.5. The Morgan fingerprint density at radius 2 is 1.41 bits per heavy atom. The first kappa shape index (κ1) is 24.9. The number of carbonyl (C=O) groups is 2. The Morgan fingerprint density at radius 1 is 0.811 bits per heavy atom. The van der Waals surface area contributed by atoms with Gasteiger partial charge >= 0.3 is 12.1 Å². The maximum Gasteiger partial charge on any atom is 0.407 e. The van der Waals surface area contributed by atoms with Crippen LogP contribution >= 0.6 is 23.2 Å². The van der Waals surface area contributed by atoms with Gasteiger partial charge in [-0.05, 0) is 51.1 Å². The summed E-state index contributed by atoms with van der Waals surface area (Å²) in [7, 11) is 0. The number of aliphatic carboxylic acids is 1. The minimum Gasteiger partial charge on any atom is -0.480 e. The maximum atomic E-state index is 12.6. The number of ether oxygens (including phenoxy) is 1. The van der Waals surface area contributed by atoms with Crippen molar-refractivity contribution in [1.29, 1.82) is 0 Å². The predicted molar refractivity (Wildman–Crippen MR) is 145 cm³/mol. The summed E-state index contributed by atoms with van der Waals surface area (Å²) in [6.07, 6.45) is -0.650. The fourth-order valence-electron chi connectivity index (χ4n) is 4.73. The van der Waals surface area contributed by atoms with Crippen molar-refractivity contribution >= 4 is 35.3 Å². The Hall–Kier alpha value is -3.80. The van der Waals surface area contributed by atoms with Crippen molar-refractivity contribution in [2.24, 2.45) is 0 Å². The fraction of sp³-hybridized carbons (Fsp3) is 0.133. The molecular formula is C30H23Cl2NO4. The van der Waals surface area contributed by atoms with Gasteiger partial charge in [-0.25, -0.2) is 9.59 Å². The molecule has 0 radical (unpaired) electrons. The highest BCUT2D eigenvalue weighted by Gasteiger charge is 2.29. The van der Waals surface area contributed by atoms with Crippen molar-refractivity contribution in [2.45, 2.75) is 18.4 Å². The van der Waals surface area contributed by atoms with Crippen LogP contribution in [0.3, 0.4) is 0 Å². The van der Waals surface area contributed by atoms with Crippen molar-refractivity contribution in [3.8, 4) is 22.3 Å². The molecule has 0 saturated carbocycles. The molecule has 1 atom stereocenters. The standard InChI is InChI=1S/C30H23Cl2NO4/c31-26-14-13-20(16-27(26)32)19-11-9-18(10-12-19)15-28(29(34)35)33-30(36)37-17-25-23-7-3-1-5-21(23)22-6-2-4-8-24(22)25/h1-14,16,25,28H,15,17H2,(H,33,36)(H,34,35). The Balaban J connectivity index is 1.23. The zero-order valence-electron chi connectivity index (χ0n) is 19.7. The first-order valence-electron chi connectivity index (χ1n) is 11.8. The summed E-state index contributed by atoms with van der Waals surface area (Å²) in [4.78, 5) is 24.5. The van der Waals surface area contributed by atoms with E-state index in [0.29, 0.717) is 10.0 Å². The molecule has 0 spiro atoms. The van der Waals surface area contributed by atoms with E-state index in [-0.39, 0.29) is 18.9 Å². The largest absolute Gasteiger partial charge is 0.480 e. The third-order valence-electron chi connectivity index (χ3n) is 6.58. The summed E-state index contributed by atoms with van der Waals surface area (Å²) in [5.41, 5.74) is 7.00. The molecule has 5 rings (SSSR count). The average molecular weight is 532 g/mol. The first-order chi connectivity index (χ1) is 17.9. The number of alkyl carbamates (subject to hydrolysis) is 1. The van der Waals surface area contributed by atoms with Crippen molar-refractivity contribution in [3.05, 3.63) is 118 Å². The zero-order valence-corrected chi connectivity index (χ0v) is 21.2. The third-order valence-corrected chi connectivity index (χ3v) is 7.32. The van der Waals surface area contributed by atoms with Crippen LogP contribution in [0.25, 0.3) is 22.3 Å². The number of carboxylic acids is 1. The van der Waals surface area contributed by atoms with E-state index >= 15 is 0 Å². The molecule has 2 N–H and O–H groups in total. The monoisotopic (exact) mass is 531 g/mol. The topological polar surface area (TPSA) is 75.6 Å². The number of amides is 1. The van der Waals surface area contributed by atoms with Crippen LogP contribution in [-0.4, -0.2) is 29.8 Å². The normalized spacial score (nSPS) is 12.9. The van der Waals surface area contributed by atoms with Gasteiger partial charge in [0.25, 0.3) is 0 Å². The summed E-state index contributed by atoms with van der Waals surface area (Å²) in [5, 5.41) is 13.2. The number of rotatable bonds is 7. The van der Waals surface area contributed by atoms with Crippen LogP contribution in [0.5, 0.6) is 0 Å². The lowest BCUT2D eigenvalue weighted by molar-refractivity contribution is -0.139. The van der Waals surface area contributed by atoms with Crippen molar-refractivity contribution in [2.75, 3.05) is 6.61 Å². The van der Waals surface area contributed by atoms with Gasteiger partial charge in [0.15, 0.2) is 0 Å². The molecule has 0 aromatic heterocycles. The van der Waals surface area contributed by atoms with Crippen molar-refractivity contribution < 1.29 is 19.4 Å². The van der Waals surface area contributed by atoms with Gasteiger partial charge in [0, 0.05) is 12.3 Å². The highest BCUT2D eigenvalue weighted by atomic mass is 35.5. The summed E-state index contributed by atoms with van der Waals surface area (Å²) in [5.74, 6) is -1.24. The SMILES string of the molecule is O=C(NC(Cc1ccc(-c2ccc(Cl)c(Cl)c2)cc1)C(=O)O)OCC1c2ccccc2-c2ccccc21. The number of hydrogen-bond donors (Lipinski definition) is 2. The van der Waals surface area contributed by atoms with E-state index in [0.717, 1.165) is 38.9 Å². The van der Waals surface area contributed by atoms with Crippen LogP contribution in [-0.2, 0) is 16.0 Å². The molecule has 5 nitrogen and oxygen atoms in total. The van der Waals surface area contributed by atoms with Crippen LogP contribution in [0.2, 0.25) is 10.0 Å². The van der Waals surface area contributed by atoms with E-state index in [1.165, 1.54) is 0 Å². The molecule has 0 heterocycles. The van der Waals surface area contributed by atoms with Gasteiger partial charge < -0.3 is 15.2 Å². The fourth-order valence-corrected chi connectivity index (χ4v) is 5.03. The molecule has 1 unspecified atom stereocenters. The van der Waals surface area contributed by atoms with Crippen LogP contribution < -0.4 is 5.32 Å². The van der Waals surface area contributed by atoms with Crippen molar-refractivity contribution in [1.82, 2.24) is 5.32 Å².